The van der Waals surface area contributed by atoms with E-state index in [9.17, 15) is 0 Å². The summed E-state index contributed by atoms with van der Waals surface area (Å²) < 4.78 is 1.45. The SMILES string of the molecule is CCCCc1ccc([Si](C2=C(C)[C]([Ti+3])=CC2)(c2ccc(CCCC)cc2)c2ccc(CCCC)cc2)cc1.[Cl-].[Cl-].[Cl-]. The quantitative estimate of drug-likeness (QED) is 0.161. The normalized spacial score (nSPS) is 12.8. The molecule has 0 atom stereocenters. The Labute approximate surface area is 281 Å². The van der Waals surface area contributed by atoms with E-state index in [1.165, 1.54) is 99.5 Å². The Morgan fingerprint density at radius 2 is 0.878 bits per heavy atom. The number of rotatable bonds is 13. The van der Waals surface area contributed by atoms with Crippen molar-refractivity contribution in [3.05, 3.63) is 110 Å². The van der Waals surface area contributed by atoms with Crippen LogP contribution >= 0.6 is 0 Å². The van der Waals surface area contributed by atoms with E-state index < -0.39 is 8.07 Å². The topological polar surface area (TPSA) is 0 Å². The van der Waals surface area contributed by atoms with Crippen LogP contribution in [0.15, 0.2) is 93.5 Å². The zero-order valence-electron chi connectivity index (χ0n) is 25.2. The van der Waals surface area contributed by atoms with Crippen molar-refractivity contribution in [2.24, 2.45) is 0 Å². The largest absolute Gasteiger partial charge is 1.00 e. The first-order valence-electron chi connectivity index (χ1n) is 14.9. The number of allylic oxidation sites excluding steroid dienone is 4. The Hall–Kier alpha value is -1.06. The zero-order chi connectivity index (χ0) is 27.0. The van der Waals surface area contributed by atoms with Crippen LogP contribution < -0.4 is 52.8 Å². The number of benzene rings is 3. The smallest absolute Gasteiger partial charge is 1.00 e. The standard InChI is InChI=1S/C36H45Si.3ClH.Ti/c1-5-8-13-30-17-23-33(24-18-30)37(36-16-11-12-29(36)4,34-25-19-31(20-26-34)14-9-6-2)35-27-21-32(22-28-35)15-10-7-3;;;;/h11,17-28H,5-10,13-16H2,1-4H3;3*1H;/q;;;;+3/p-3. The maximum Gasteiger partial charge on any atom is -1.00 e. The summed E-state index contributed by atoms with van der Waals surface area (Å²) in [5, 5.41) is 6.24. The predicted molar refractivity (Wildman–Crippen MR) is 165 cm³/mol. The summed E-state index contributed by atoms with van der Waals surface area (Å²) >= 11 is 2.30. The molecular formula is C36H45Cl3SiTi. The fourth-order valence-electron chi connectivity index (χ4n) is 6.04. The second kappa shape index (κ2) is 18.6. The summed E-state index contributed by atoms with van der Waals surface area (Å²) in [6.45, 7) is 9.22. The number of unbranched alkanes of at least 4 members (excludes halogenated alkanes) is 3. The molecule has 0 amide bonds. The molecule has 3 aromatic rings. The molecule has 0 aromatic heterocycles. The summed E-state index contributed by atoms with van der Waals surface area (Å²) in [6, 6.07) is 29.4. The van der Waals surface area contributed by atoms with Crippen molar-refractivity contribution in [1.82, 2.24) is 0 Å². The fraction of sp³-hybridized carbons (Fsp3) is 0.389. The van der Waals surface area contributed by atoms with Crippen LogP contribution in [0.2, 0.25) is 0 Å². The molecule has 0 nitrogen and oxygen atoms in total. The summed E-state index contributed by atoms with van der Waals surface area (Å²) in [4.78, 5) is 0. The van der Waals surface area contributed by atoms with E-state index in [0.717, 1.165) is 6.42 Å². The van der Waals surface area contributed by atoms with Crippen LogP contribution in [0.3, 0.4) is 0 Å². The first-order valence-corrected chi connectivity index (χ1v) is 17.7. The molecular weight excluding hydrogens is 615 g/mol. The second-order valence-electron chi connectivity index (χ2n) is 11.1. The van der Waals surface area contributed by atoms with E-state index in [-0.39, 0.29) is 37.2 Å². The first kappa shape index (κ1) is 38.0. The van der Waals surface area contributed by atoms with E-state index in [4.69, 9.17) is 0 Å². The molecule has 0 aliphatic heterocycles. The van der Waals surface area contributed by atoms with Gasteiger partial charge in [0.15, 0.2) is 0 Å². The van der Waals surface area contributed by atoms with Gasteiger partial charge in [0.1, 0.15) is 0 Å². The van der Waals surface area contributed by atoms with Crippen LogP contribution in [0.5, 0.6) is 0 Å². The van der Waals surface area contributed by atoms with Gasteiger partial charge in [-0.15, -0.1) is 0 Å². The van der Waals surface area contributed by atoms with E-state index in [1.54, 1.807) is 5.20 Å². The molecule has 1 aliphatic rings. The van der Waals surface area contributed by atoms with E-state index >= 15 is 0 Å². The van der Waals surface area contributed by atoms with E-state index in [2.05, 4.69) is 127 Å². The fourth-order valence-corrected chi connectivity index (χ4v) is 11.8. The van der Waals surface area contributed by atoms with Gasteiger partial charge in [-0.25, -0.2) is 0 Å². The maximum absolute atomic E-state index is 2.49. The van der Waals surface area contributed by atoms with E-state index in [1.807, 2.05) is 0 Å². The molecule has 0 radical (unpaired) electrons. The van der Waals surface area contributed by atoms with Crippen molar-refractivity contribution in [3.63, 3.8) is 0 Å². The number of halogens is 3. The van der Waals surface area contributed by atoms with Gasteiger partial charge in [-0.2, -0.15) is 0 Å². The minimum atomic E-state index is -2.43. The third-order valence-corrected chi connectivity index (χ3v) is 14.4. The Bertz CT molecular complexity index is 1120. The van der Waals surface area contributed by atoms with Gasteiger partial charge in [-0.1, -0.05) is 0 Å². The predicted octanol–water partition coefficient (Wildman–Crippen LogP) is -1.11. The molecule has 0 fully saturated rings. The molecule has 0 saturated carbocycles. The van der Waals surface area contributed by atoms with Crippen molar-refractivity contribution in [2.45, 2.75) is 91.9 Å². The van der Waals surface area contributed by atoms with Crippen LogP contribution in [0.25, 0.3) is 0 Å². The van der Waals surface area contributed by atoms with Gasteiger partial charge in [-0.05, 0) is 0 Å². The maximum atomic E-state index is 2.49. The van der Waals surface area contributed by atoms with Crippen molar-refractivity contribution < 1.29 is 57.7 Å². The summed E-state index contributed by atoms with van der Waals surface area (Å²) in [5.41, 5.74) is 5.91. The van der Waals surface area contributed by atoms with Crippen LogP contribution in [0, 0.1) is 0 Å². The Balaban J connectivity index is 0.00000280. The van der Waals surface area contributed by atoms with Crippen molar-refractivity contribution in [2.75, 3.05) is 0 Å². The molecule has 0 heterocycles. The van der Waals surface area contributed by atoms with Crippen LogP contribution in [0.1, 0.15) is 89.3 Å². The minimum Gasteiger partial charge on any atom is -1.00 e. The molecule has 0 bridgehead atoms. The molecule has 0 unspecified atom stereocenters. The Morgan fingerprint density at radius 1 is 0.561 bits per heavy atom. The molecule has 0 N–H and O–H groups in total. The molecule has 3 aromatic carbocycles. The monoisotopic (exact) mass is 658 g/mol. The molecule has 0 saturated heterocycles. The third-order valence-electron chi connectivity index (χ3n) is 8.44. The number of hydrogen-bond donors (Lipinski definition) is 0. The number of hydrogen-bond acceptors (Lipinski definition) is 0. The Kier molecular flexibility index (Phi) is 17.2. The van der Waals surface area contributed by atoms with Crippen molar-refractivity contribution in [1.29, 1.82) is 0 Å². The average molecular weight is 660 g/mol. The van der Waals surface area contributed by atoms with Crippen molar-refractivity contribution >= 4 is 23.6 Å². The molecule has 0 spiro atoms. The van der Waals surface area contributed by atoms with Crippen LogP contribution in [0.4, 0.5) is 0 Å². The van der Waals surface area contributed by atoms with Gasteiger partial charge in [0.25, 0.3) is 0 Å². The third kappa shape index (κ3) is 8.75. The molecule has 41 heavy (non-hydrogen) atoms. The van der Waals surface area contributed by atoms with Gasteiger partial charge in [0, 0.05) is 0 Å². The van der Waals surface area contributed by atoms with E-state index in [0.29, 0.717) is 0 Å². The second-order valence-corrected chi connectivity index (χ2v) is 15.8. The molecule has 4 rings (SSSR count). The van der Waals surface area contributed by atoms with Crippen LogP contribution in [-0.2, 0) is 39.7 Å². The van der Waals surface area contributed by atoms with Gasteiger partial charge in [0.05, 0.1) is 0 Å². The summed E-state index contributed by atoms with van der Waals surface area (Å²) in [5.74, 6) is 0. The molecule has 5 heteroatoms. The molecule has 1 aliphatic carbocycles. The minimum absolute atomic E-state index is 0. The number of aryl methyl sites for hydroxylation is 3. The summed E-state index contributed by atoms with van der Waals surface area (Å²) in [7, 11) is -2.43. The summed E-state index contributed by atoms with van der Waals surface area (Å²) in [6.07, 6.45) is 14.5. The van der Waals surface area contributed by atoms with Gasteiger partial charge in [-0.3, -0.25) is 0 Å². The first-order chi connectivity index (χ1) is 18.5. The van der Waals surface area contributed by atoms with Crippen molar-refractivity contribution in [3.8, 4) is 0 Å². The molecule has 218 valence electrons. The van der Waals surface area contributed by atoms with Gasteiger partial charge >= 0.3 is 246 Å². The zero-order valence-corrected chi connectivity index (χ0v) is 30.0. The van der Waals surface area contributed by atoms with Crippen LogP contribution in [-0.4, -0.2) is 8.07 Å². The van der Waals surface area contributed by atoms with Gasteiger partial charge in [0.2, 0.25) is 0 Å². The van der Waals surface area contributed by atoms with Gasteiger partial charge < -0.3 is 37.2 Å². The Morgan fingerprint density at radius 3 is 1.12 bits per heavy atom. The average Bonchev–Trinajstić information content (AvgIpc) is 3.29.